The summed E-state index contributed by atoms with van der Waals surface area (Å²) in [6, 6.07) is 8.97. The predicted octanol–water partition coefficient (Wildman–Crippen LogP) is 0.795. The van der Waals surface area contributed by atoms with Gasteiger partial charge in [0.05, 0.1) is 29.4 Å². The van der Waals surface area contributed by atoms with E-state index in [0.29, 0.717) is 10.6 Å². The quantitative estimate of drug-likeness (QED) is 0.901. The molecule has 1 aliphatic rings. The van der Waals surface area contributed by atoms with Gasteiger partial charge in [-0.25, -0.2) is 8.42 Å². The lowest BCUT2D eigenvalue weighted by Gasteiger charge is -2.27. The molecule has 7 heteroatoms. The number of hydrogen-bond donors (Lipinski definition) is 1. The third-order valence-corrected chi connectivity index (χ3v) is 4.98. The number of sulfone groups is 1. The van der Waals surface area contributed by atoms with Crippen LogP contribution in [0.4, 0.5) is 0 Å². The maximum absolute atomic E-state index is 11.5. The maximum atomic E-state index is 11.5. The highest BCUT2D eigenvalue weighted by atomic mass is 32.2. The van der Waals surface area contributed by atoms with E-state index in [4.69, 9.17) is 5.11 Å². The Morgan fingerprint density at radius 1 is 1.23 bits per heavy atom. The van der Waals surface area contributed by atoms with Crippen molar-refractivity contribution in [3.63, 3.8) is 0 Å². The highest BCUT2D eigenvalue weighted by Gasteiger charge is 2.18. The molecule has 0 aliphatic carbocycles. The number of benzene rings is 1. The van der Waals surface area contributed by atoms with Crippen molar-refractivity contribution >= 4 is 9.84 Å². The Morgan fingerprint density at radius 3 is 2.59 bits per heavy atom. The fourth-order valence-corrected chi connectivity index (χ4v) is 3.32. The summed E-state index contributed by atoms with van der Waals surface area (Å²) in [5.41, 5.74) is 2.89. The second-order valence-corrected chi connectivity index (χ2v) is 7.65. The van der Waals surface area contributed by atoms with Crippen LogP contribution in [0.5, 0.6) is 0 Å². The van der Waals surface area contributed by atoms with Crippen LogP contribution in [0.15, 0.2) is 35.2 Å². The Kier molecular flexibility index (Phi) is 4.03. The lowest BCUT2D eigenvalue weighted by Crippen LogP contribution is -2.33. The van der Waals surface area contributed by atoms with E-state index in [2.05, 4.69) is 10.00 Å². The average Bonchev–Trinajstić information content (AvgIpc) is 2.89. The SMILES string of the molecule is CS(=O)(=O)c1ccc(CN2CCn3nc(CO)cc3C2)cc1. The smallest absolute Gasteiger partial charge is 0.175 e. The Balaban J connectivity index is 1.69. The molecule has 118 valence electrons. The van der Waals surface area contributed by atoms with Crippen LogP contribution in [-0.4, -0.2) is 41.0 Å². The number of nitrogens with zero attached hydrogens (tertiary/aromatic N) is 3. The van der Waals surface area contributed by atoms with Gasteiger partial charge in [0, 0.05) is 25.9 Å². The molecule has 0 unspecified atom stereocenters. The minimum atomic E-state index is -3.14. The minimum absolute atomic E-state index is 0.0348. The number of aliphatic hydroxyl groups excluding tert-OH is 1. The number of hydrogen-bond acceptors (Lipinski definition) is 5. The van der Waals surface area contributed by atoms with Crippen LogP contribution in [-0.2, 0) is 36.1 Å². The lowest BCUT2D eigenvalue weighted by molar-refractivity contribution is 0.204. The average molecular weight is 321 g/mol. The summed E-state index contributed by atoms with van der Waals surface area (Å²) in [5, 5.41) is 13.5. The summed E-state index contributed by atoms with van der Waals surface area (Å²) in [5.74, 6) is 0. The first-order chi connectivity index (χ1) is 10.5. The fraction of sp³-hybridized carbons (Fsp3) is 0.400. The number of aliphatic hydroxyl groups is 1. The monoisotopic (exact) mass is 321 g/mol. The Morgan fingerprint density at radius 2 is 1.95 bits per heavy atom. The topological polar surface area (TPSA) is 75.4 Å². The van der Waals surface area contributed by atoms with Crippen LogP contribution in [0.3, 0.4) is 0 Å². The largest absolute Gasteiger partial charge is 0.390 e. The molecule has 0 bridgehead atoms. The zero-order chi connectivity index (χ0) is 15.7. The van der Waals surface area contributed by atoms with Gasteiger partial charge in [-0.2, -0.15) is 5.10 Å². The van der Waals surface area contributed by atoms with Crippen molar-refractivity contribution in [1.29, 1.82) is 0 Å². The zero-order valence-corrected chi connectivity index (χ0v) is 13.3. The molecule has 0 spiro atoms. The highest BCUT2D eigenvalue weighted by Crippen LogP contribution is 2.17. The Hall–Kier alpha value is -1.70. The lowest BCUT2D eigenvalue weighted by atomic mass is 10.2. The van der Waals surface area contributed by atoms with Crippen molar-refractivity contribution in [3.05, 3.63) is 47.3 Å². The standard InChI is InChI=1S/C15H19N3O3S/c1-22(20,21)15-4-2-12(3-5-15)9-17-6-7-18-14(10-17)8-13(11-19)16-18/h2-5,8,19H,6-7,9-11H2,1H3. The Bertz CT molecular complexity index is 766. The van der Waals surface area contributed by atoms with E-state index in [9.17, 15) is 8.42 Å². The second kappa shape index (κ2) is 5.83. The van der Waals surface area contributed by atoms with Crippen molar-refractivity contribution in [3.8, 4) is 0 Å². The summed E-state index contributed by atoms with van der Waals surface area (Å²) < 4.78 is 24.9. The van der Waals surface area contributed by atoms with Crippen LogP contribution < -0.4 is 0 Å². The molecule has 0 amide bonds. The first-order valence-electron chi connectivity index (χ1n) is 7.13. The fourth-order valence-electron chi connectivity index (χ4n) is 2.69. The van der Waals surface area contributed by atoms with Crippen molar-refractivity contribution in [1.82, 2.24) is 14.7 Å². The summed E-state index contributed by atoms with van der Waals surface area (Å²) in [6.07, 6.45) is 1.21. The molecule has 3 rings (SSSR count). The summed E-state index contributed by atoms with van der Waals surface area (Å²) in [6.45, 7) is 3.20. The molecule has 0 atom stereocenters. The molecular formula is C15H19N3O3S. The molecule has 6 nitrogen and oxygen atoms in total. The van der Waals surface area contributed by atoms with Gasteiger partial charge in [0.25, 0.3) is 0 Å². The third-order valence-electron chi connectivity index (χ3n) is 3.85. The minimum Gasteiger partial charge on any atom is -0.390 e. The van der Waals surface area contributed by atoms with E-state index < -0.39 is 9.84 Å². The van der Waals surface area contributed by atoms with Gasteiger partial charge in [-0.3, -0.25) is 9.58 Å². The van der Waals surface area contributed by atoms with Gasteiger partial charge in [-0.1, -0.05) is 12.1 Å². The van der Waals surface area contributed by atoms with E-state index in [1.807, 2.05) is 22.9 Å². The number of aromatic nitrogens is 2. The molecule has 0 saturated heterocycles. The van der Waals surface area contributed by atoms with Gasteiger partial charge >= 0.3 is 0 Å². The van der Waals surface area contributed by atoms with Crippen LogP contribution in [0.1, 0.15) is 17.0 Å². The molecule has 1 aliphatic heterocycles. The van der Waals surface area contributed by atoms with E-state index in [1.165, 1.54) is 6.26 Å². The first-order valence-corrected chi connectivity index (χ1v) is 9.02. The van der Waals surface area contributed by atoms with Crippen LogP contribution in [0, 0.1) is 0 Å². The highest BCUT2D eigenvalue weighted by molar-refractivity contribution is 7.90. The van der Waals surface area contributed by atoms with Gasteiger partial charge in [0.1, 0.15) is 0 Å². The molecular weight excluding hydrogens is 302 g/mol. The summed E-state index contributed by atoms with van der Waals surface area (Å²) in [4.78, 5) is 2.63. The van der Waals surface area contributed by atoms with Gasteiger partial charge in [0.15, 0.2) is 9.84 Å². The molecule has 22 heavy (non-hydrogen) atoms. The van der Waals surface area contributed by atoms with Crippen molar-refractivity contribution in [2.24, 2.45) is 0 Å². The molecule has 1 aromatic heterocycles. The third kappa shape index (κ3) is 3.21. The summed E-state index contributed by atoms with van der Waals surface area (Å²) in [7, 11) is -3.14. The van der Waals surface area contributed by atoms with Gasteiger partial charge in [-0.05, 0) is 23.8 Å². The van der Waals surface area contributed by atoms with Gasteiger partial charge in [-0.15, -0.1) is 0 Å². The molecule has 0 saturated carbocycles. The van der Waals surface area contributed by atoms with Crippen molar-refractivity contribution < 1.29 is 13.5 Å². The molecule has 2 heterocycles. The first kappa shape index (κ1) is 15.2. The molecule has 0 fully saturated rings. The van der Waals surface area contributed by atoms with Crippen LogP contribution in [0.2, 0.25) is 0 Å². The maximum Gasteiger partial charge on any atom is 0.175 e. The van der Waals surface area contributed by atoms with Gasteiger partial charge < -0.3 is 5.11 Å². The van der Waals surface area contributed by atoms with E-state index in [0.717, 1.165) is 37.4 Å². The van der Waals surface area contributed by atoms with Crippen LogP contribution >= 0.6 is 0 Å². The predicted molar refractivity (Wildman–Crippen MR) is 81.8 cm³/mol. The van der Waals surface area contributed by atoms with Crippen LogP contribution in [0.25, 0.3) is 0 Å². The molecule has 1 N–H and O–H groups in total. The molecule has 0 radical (unpaired) electrons. The van der Waals surface area contributed by atoms with Crippen molar-refractivity contribution in [2.75, 3.05) is 12.8 Å². The van der Waals surface area contributed by atoms with E-state index in [-0.39, 0.29) is 6.61 Å². The second-order valence-electron chi connectivity index (χ2n) is 5.64. The van der Waals surface area contributed by atoms with Crippen molar-refractivity contribution in [2.45, 2.75) is 31.1 Å². The molecule has 2 aromatic rings. The zero-order valence-electron chi connectivity index (χ0n) is 12.4. The molecule has 1 aromatic carbocycles. The van der Waals surface area contributed by atoms with Gasteiger partial charge in [0.2, 0.25) is 0 Å². The van der Waals surface area contributed by atoms with E-state index >= 15 is 0 Å². The Labute approximate surface area is 129 Å². The summed E-state index contributed by atoms with van der Waals surface area (Å²) >= 11 is 0. The number of rotatable bonds is 4. The normalized spacial score (nSPS) is 15.7. The van der Waals surface area contributed by atoms with E-state index in [1.54, 1.807) is 12.1 Å². The number of fused-ring (bicyclic) bond motifs is 1.